The van der Waals surface area contributed by atoms with E-state index in [9.17, 15) is 18.0 Å². The Hall–Kier alpha value is -3.09. The molecule has 7 heteroatoms. The zero-order valence-corrected chi connectivity index (χ0v) is 16.1. The third-order valence-corrected chi connectivity index (χ3v) is 5.46. The Morgan fingerprint density at radius 1 is 1.07 bits per heavy atom. The van der Waals surface area contributed by atoms with Crippen molar-refractivity contribution >= 4 is 5.91 Å². The molecule has 0 saturated heterocycles. The van der Waals surface area contributed by atoms with E-state index in [-0.39, 0.29) is 23.3 Å². The molecular weight excluding hydrogens is 379 g/mol. The Bertz CT molecular complexity index is 1070. The van der Waals surface area contributed by atoms with Crippen LogP contribution in [0.5, 0.6) is 0 Å². The van der Waals surface area contributed by atoms with E-state index in [1.54, 1.807) is 27.8 Å². The first-order valence-corrected chi connectivity index (χ1v) is 9.37. The molecule has 2 heterocycles. The third kappa shape index (κ3) is 3.30. The van der Waals surface area contributed by atoms with Crippen molar-refractivity contribution in [3.05, 3.63) is 77.1 Å². The molecule has 0 N–H and O–H groups in total. The quantitative estimate of drug-likeness (QED) is 0.602. The number of fused-ring (bicyclic) bond motifs is 1. The zero-order chi connectivity index (χ0) is 20.8. The number of rotatable bonds is 2. The van der Waals surface area contributed by atoms with Gasteiger partial charge in [-0.1, -0.05) is 36.4 Å². The van der Waals surface area contributed by atoms with Crippen molar-refractivity contribution in [2.75, 3.05) is 6.54 Å². The van der Waals surface area contributed by atoms with Crippen molar-refractivity contribution in [3.63, 3.8) is 0 Å². The van der Waals surface area contributed by atoms with Crippen LogP contribution in [0.4, 0.5) is 13.2 Å². The van der Waals surface area contributed by atoms with Gasteiger partial charge in [-0.15, -0.1) is 0 Å². The molecule has 0 spiro atoms. The first kappa shape index (κ1) is 19.2. The maximum absolute atomic E-state index is 13.5. The van der Waals surface area contributed by atoms with Crippen LogP contribution < -0.4 is 0 Å². The molecule has 1 atom stereocenters. The highest BCUT2D eigenvalue weighted by Crippen LogP contribution is 2.38. The van der Waals surface area contributed by atoms with Gasteiger partial charge < -0.3 is 9.47 Å². The number of hydrogen-bond acceptors (Lipinski definition) is 2. The number of carbonyl (C=O) groups excluding carboxylic acids is 1. The van der Waals surface area contributed by atoms with Crippen LogP contribution in [0, 0.1) is 6.92 Å². The van der Waals surface area contributed by atoms with Gasteiger partial charge in [0.05, 0.1) is 23.5 Å². The lowest BCUT2D eigenvalue weighted by Gasteiger charge is -2.35. The van der Waals surface area contributed by atoms with E-state index in [4.69, 9.17) is 0 Å². The summed E-state index contributed by atoms with van der Waals surface area (Å²) in [6.45, 7) is 4.55. The van der Waals surface area contributed by atoms with Gasteiger partial charge in [-0.05, 0) is 31.5 Å². The van der Waals surface area contributed by atoms with Crippen LogP contribution in [0.25, 0.3) is 11.4 Å². The number of halogens is 3. The average molecular weight is 399 g/mol. The number of carbonyl (C=O) groups is 1. The van der Waals surface area contributed by atoms with Crippen LogP contribution in [-0.2, 0) is 12.7 Å². The normalized spacial score (nSPS) is 16.6. The maximum atomic E-state index is 13.5. The molecule has 0 radical (unpaired) electrons. The number of alkyl halides is 3. The zero-order valence-electron chi connectivity index (χ0n) is 16.1. The number of benzene rings is 2. The summed E-state index contributed by atoms with van der Waals surface area (Å²) in [5.74, 6) is 0.197. The summed E-state index contributed by atoms with van der Waals surface area (Å²) >= 11 is 0. The van der Waals surface area contributed by atoms with Crippen molar-refractivity contribution < 1.29 is 18.0 Å². The predicted octanol–water partition coefficient (Wildman–Crippen LogP) is 5.09. The van der Waals surface area contributed by atoms with Gasteiger partial charge in [-0.3, -0.25) is 4.79 Å². The van der Waals surface area contributed by atoms with Crippen LogP contribution in [0.15, 0.2) is 54.7 Å². The molecule has 1 unspecified atom stereocenters. The van der Waals surface area contributed by atoms with E-state index in [1.807, 2.05) is 32.0 Å². The van der Waals surface area contributed by atoms with Gasteiger partial charge >= 0.3 is 6.18 Å². The van der Waals surface area contributed by atoms with Crippen molar-refractivity contribution in [3.8, 4) is 11.4 Å². The standard InChI is InChI=1S/C22H20F3N3O/c1-14-7-3-4-8-16(14)21(29)27-11-12-28-19(15(27)2)13-26-20(28)17-9-5-6-10-18(17)22(23,24)25/h3-10,13,15H,11-12H2,1-2H3. The van der Waals surface area contributed by atoms with E-state index in [0.29, 0.717) is 18.7 Å². The molecule has 29 heavy (non-hydrogen) atoms. The van der Waals surface area contributed by atoms with E-state index in [1.165, 1.54) is 12.1 Å². The molecule has 2 aromatic carbocycles. The highest BCUT2D eigenvalue weighted by atomic mass is 19.4. The van der Waals surface area contributed by atoms with Gasteiger partial charge in [0.1, 0.15) is 5.82 Å². The molecule has 3 aromatic rings. The maximum Gasteiger partial charge on any atom is 0.417 e. The van der Waals surface area contributed by atoms with E-state index in [0.717, 1.165) is 17.3 Å². The van der Waals surface area contributed by atoms with Crippen LogP contribution in [-0.4, -0.2) is 26.9 Å². The minimum Gasteiger partial charge on any atom is -0.329 e. The lowest BCUT2D eigenvalue weighted by atomic mass is 10.0. The molecule has 4 nitrogen and oxygen atoms in total. The van der Waals surface area contributed by atoms with Crippen molar-refractivity contribution in [1.82, 2.24) is 14.5 Å². The Kier molecular flexibility index (Phi) is 4.68. The minimum atomic E-state index is -4.46. The van der Waals surface area contributed by atoms with Gasteiger partial charge in [0, 0.05) is 24.2 Å². The SMILES string of the molecule is Cc1ccccc1C(=O)N1CCn2c(cnc2-c2ccccc2C(F)(F)F)C1C. The minimum absolute atomic E-state index is 0.0529. The highest BCUT2D eigenvalue weighted by molar-refractivity contribution is 5.96. The molecule has 0 fully saturated rings. The molecule has 4 rings (SSSR count). The molecule has 1 aliphatic rings. The van der Waals surface area contributed by atoms with E-state index in [2.05, 4.69) is 4.98 Å². The largest absolute Gasteiger partial charge is 0.417 e. The fourth-order valence-corrected chi connectivity index (χ4v) is 3.90. The van der Waals surface area contributed by atoms with Crippen LogP contribution in [0.2, 0.25) is 0 Å². The second-order valence-corrected chi connectivity index (χ2v) is 7.19. The number of aryl methyl sites for hydroxylation is 1. The molecule has 1 aromatic heterocycles. The molecule has 1 amide bonds. The second-order valence-electron chi connectivity index (χ2n) is 7.19. The number of imidazole rings is 1. The highest BCUT2D eigenvalue weighted by Gasteiger charge is 2.36. The third-order valence-electron chi connectivity index (χ3n) is 5.46. The lowest BCUT2D eigenvalue weighted by molar-refractivity contribution is -0.137. The second kappa shape index (κ2) is 7.06. The van der Waals surface area contributed by atoms with Crippen molar-refractivity contribution in [1.29, 1.82) is 0 Å². The number of aromatic nitrogens is 2. The summed E-state index contributed by atoms with van der Waals surface area (Å²) in [7, 11) is 0. The van der Waals surface area contributed by atoms with Crippen molar-refractivity contribution in [2.45, 2.75) is 32.6 Å². The molecule has 0 bridgehead atoms. The monoisotopic (exact) mass is 399 g/mol. The molecule has 0 saturated carbocycles. The van der Waals surface area contributed by atoms with Crippen LogP contribution >= 0.6 is 0 Å². The molecule has 0 aliphatic carbocycles. The number of amides is 1. The smallest absolute Gasteiger partial charge is 0.329 e. The van der Waals surface area contributed by atoms with Gasteiger partial charge in [0.25, 0.3) is 5.91 Å². The summed E-state index contributed by atoms with van der Waals surface area (Å²) in [4.78, 5) is 19.1. The topological polar surface area (TPSA) is 38.1 Å². The molecule has 150 valence electrons. The van der Waals surface area contributed by atoms with Crippen LogP contribution in [0.3, 0.4) is 0 Å². The van der Waals surface area contributed by atoms with Gasteiger partial charge in [-0.2, -0.15) is 13.2 Å². The number of nitrogens with zero attached hydrogens (tertiary/aromatic N) is 3. The summed E-state index contributed by atoms with van der Waals surface area (Å²) in [5.41, 5.74) is 1.60. The van der Waals surface area contributed by atoms with Gasteiger partial charge in [0.2, 0.25) is 0 Å². The van der Waals surface area contributed by atoms with Crippen LogP contribution in [0.1, 0.15) is 40.1 Å². The Morgan fingerprint density at radius 3 is 2.48 bits per heavy atom. The first-order valence-electron chi connectivity index (χ1n) is 9.37. The fourth-order valence-electron chi connectivity index (χ4n) is 3.90. The lowest BCUT2D eigenvalue weighted by Crippen LogP contribution is -2.41. The van der Waals surface area contributed by atoms with Gasteiger partial charge in [0.15, 0.2) is 0 Å². The van der Waals surface area contributed by atoms with E-state index < -0.39 is 11.7 Å². The average Bonchev–Trinajstić information content (AvgIpc) is 3.12. The summed E-state index contributed by atoms with van der Waals surface area (Å²) < 4.78 is 42.1. The summed E-state index contributed by atoms with van der Waals surface area (Å²) in [6, 6.07) is 12.5. The van der Waals surface area contributed by atoms with E-state index >= 15 is 0 Å². The Morgan fingerprint density at radius 2 is 1.76 bits per heavy atom. The predicted molar refractivity (Wildman–Crippen MR) is 103 cm³/mol. The summed E-state index contributed by atoms with van der Waals surface area (Å²) in [5, 5.41) is 0. The fraction of sp³-hybridized carbons (Fsp3) is 0.273. The Labute approximate surface area is 166 Å². The molecular formula is C22H20F3N3O. The Balaban J connectivity index is 1.71. The summed E-state index contributed by atoms with van der Waals surface area (Å²) in [6.07, 6.45) is -2.89. The van der Waals surface area contributed by atoms with Crippen molar-refractivity contribution in [2.24, 2.45) is 0 Å². The first-order chi connectivity index (χ1) is 13.8. The molecule has 1 aliphatic heterocycles. The number of hydrogen-bond donors (Lipinski definition) is 0. The van der Waals surface area contributed by atoms with Gasteiger partial charge in [-0.25, -0.2) is 4.98 Å².